The molecular formula is C11H21NO3. The van der Waals surface area contributed by atoms with Crippen molar-refractivity contribution in [1.29, 1.82) is 0 Å². The Morgan fingerprint density at radius 1 is 1.13 bits per heavy atom. The molecule has 4 nitrogen and oxygen atoms in total. The fraction of sp³-hybridized carbons (Fsp3) is 0.818. The molecule has 0 aromatic rings. The number of hydrogen-bond acceptors (Lipinski definition) is 3. The molecule has 1 N–H and O–H groups in total. The number of ketones is 1. The summed E-state index contributed by atoms with van der Waals surface area (Å²) >= 11 is 0. The summed E-state index contributed by atoms with van der Waals surface area (Å²) < 4.78 is 5.04. The van der Waals surface area contributed by atoms with Gasteiger partial charge in [0.2, 0.25) is 0 Å². The van der Waals surface area contributed by atoms with E-state index in [0.29, 0.717) is 0 Å². The van der Waals surface area contributed by atoms with Gasteiger partial charge in [-0.05, 0) is 27.7 Å². The minimum atomic E-state index is -0.552. The second kappa shape index (κ2) is 5.14. The van der Waals surface area contributed by atoms with E-state index in [2.05, 4.69) is 5.32 Å². The fourth-order valence-corrected chi connectivity index (χ4v) is 1.06. The van der Waals surface area contributed by atoms with Crippen molar-refractivity contribution in [1.82, 2.24) is 5.32 Å². The minimum Gasteiger partial charge on any atom is -0.444 e. The summed E-state index contributed by atoms with van der Waals surface area (Å²) in [5, 5.41) is 2.51. The molecule has 1 atom stereocenters. The van der Waals surface area contributed by atoms with Crippen LogP contribution in [0.5, 0.6) is 0 Å². The van der Waals surface area contributed by atoms with E-state index in [0.717, 1.165) is 0 Å². The Bertz CT molecular complexity index is 241. The summed E-state index contributed by atoms with van der Waals surface area (Å²) in [6.07, 6.45) is -0.552. The minimum absolute atomic E-state index is 0.000796. The van der Waals surface area contributed by atoms with Crippen LogP contribution in [0, 0.1) is 5.92 Å². The van der Waals surface area contributed by atoms with E-state index < -0.39 is 17.7 Å². The molecule has 1 amide bonds. The highest BCUT2D eigenvalue weighted by molar-refractivity contribution is 5.88. The van der Waals surface area contributed by atoms with Crippen molar-refractivity contribution in [3.63, 3.8) is 0 Å². The highest BCUT2D eigenvalue weighted by atomic mass is 16.6. The van der Waals surface area contributed by atoms with Crippen LogP contribution in [0.25, 0.3) is 0 Å². The lowest BCUT2D eigenvalue weighted by molar-refractivity contribution is -0.123. The number of Topliss-reactive ketones (excluding diaryl/α,β-unsaturated/α-hetero) is 1. The molecule has 0 bridgehead atoms. The largest absolute Gasteiger partial charge is 0.444 e. The second-order valence-electron chi connectivity index (χ2n) is 4.92. The Kier molecular flexibility index (Phi) is 4.78. The molecule has 0 fully saturated rings. The molecule has 0 heterocycles. The van der Waals surface area contributed by atoms with Crippen molar-refractivity contribution in [2.45, 2.75) is 53.2 Å². The topological polar surface area (TPSA) is 55.4 Å². The normalized spacial score (nSPS) is 13.5. The van der Waals surface area contributed by atoms with Gasteiger partial charge in [0.1, 0.15) is 5.60 Å². The average molecular weight is 215 g/mol. The van der Waals surface area contributed by atoms with Gasteiger partial charge in [0, 0.05) is 5.92 Å². The van der Waals surface area contributed by atoms with E-state index in [4.69, 9.17) is 4.74 Å². The summed E-state index contributed by atoms with van der Waals surface area (Å²) in [4.78, 5) is 22.8. The van der Waals surface area contributed by atoms with Crippen LogP contribution < -0.4 is 5.32 Å². The van der Waals surface area contributed by atoms with Crippen LogP contribution in [0.4, 0.5) is 4.79 Å². The van der Waals surface area contributed by atoms with Crippen molar-refractivity contribution in [3.8, 4) is 0 Å². The number of hydrogen-bond donors (Lipinski definition) is 1. The molecule has 0 rings (SSSR count). The van der Waals surface area contributed by atoms with Gasteiger partial charge in [0.05, 0.1) is 6.04 Å². The highest BCUT2D eigenvalue weighted by Gasteiger charge is 2.22. The standard InChI is InChI=1S/C11H21NO3/c1-7(2)9(13)8(3)12-10(14)15-11(4,5)6/h7-8H,1-6H3,(H,12,14). The van der Waals surface area contributed by atoms with Crippen LogP contribution in [-0.2, 0) is 9.53 Å². The zero-order chi connectivity index (χ0) is 12.2. The molecule has 0 spiro atoms. The number of carbonyl (C=O) groups is 2. The number of nitrogens with one attached hydrogen (secondary N) is 1. The third-order valence-electron chi connectivity index (χ3n) is 1.73. The summed E-state index contributed by atoms with van der Waals surface area (Å²) in [6, 6.07) is -0.500. The first-order chi connectivity index (χ1) is 6.63. The first kappa shape index (κ1) is 13.9. The molecule has 0 aromatic heterocycles. The first-order valence-corrected chi connectivity index (χ1v) is 5.16. The van der Waals surface area contributed by atoms with E-state index in [1.807, 2.05) is 0 Å². The molecule has 4 heteroatoms. The average Bonchev–Trinajstić information content (AvgIpc) is 1.98. The molecule has 1 unspecified atom stereocenters. The predicted octanol–water partition coefficient (Wildman–Crippen LogP) is 2.12. The van der Waals surface area contributed by atoms with Crippen molar-refractivity contribution >= 4 is 11.9 Å². The van der Waals surface area contributed by atoms with E-state index in [9.17, 15) is 9.59 Å². The molecule has 0 aromatic carbocycles. The summed E-state index contributed by atoms with van der Waals surface area (Å²) in [7, 11) is 0. The van der Waals surface area contributed by atoms with E-state index in [1.54, 1.807) is 41.5 Å². The molecule has 0 aliphatic heterocycles. The van der Waals surface area contributed by atoms with Gasteiger partial charge in [0.25, 0.3) is 0 Å². The molecule has 0 radical (unpaired) electrons. The Morgan fingerprint density at radius 2 is 1.60 bits per heavy atom. The highest BCUT2D eigenvalue weighted by Crippen LogP contribution is 2.07. The van der Waals surface area contributed by atoms with Gasteiger partial charge in [-0.25, -0.2) is 4.79 Å². The number of amides is 1. The lowest BCUT2D eigenvalue weighted by atomic mass is 10.0. The molecule has 15 heavy (non-hydrogen) atoms. The summed E-state index contributed by atoms with van der Waals surface area (Å²) in [5.41, 5.74) is -0.537. The zero-order valence-corrected chi connectivity index (χ0v) is 10.4. The van der Waals surface area contributed by atoms with Gasteiger partial charge in [-0.15, -0.1) is 0 Å². The zero-order valence-electron chi connectivity index (χ0n) is 10.4. The molecule has 0 aliphatic rings. The molecule has 0 saturated heterocycles. The van der Waals surface area contributed by atoms with E-state index in [-0.39, 0.29) is 11.7 Å². The lowest BCUT2D eigenvalue weighted by Gasteiger charge is -2.22. The predicted molar refractivity (Wildman–Crippen MR) is 58.7 cm³/mol. The first-order valence-electron chi connectivity index (χ1n) is 5.16. The second-order valence-corrected chi connectivity index (χ2v) is 4.92. The molecule has 0 aliphatic carbocycles. The Labute approximate surface area is 91.4 Å². The molecule has 88 valence electrons. The maximum absolute atomic E-state index is 11.5. The summed E-state index contributed by atoms with van der Waals surface area (Å²) in [5.74, 6) is -0.0872. The maximum Gasteiger partial charge on any atom is 0.408 e. The van der Waals surface area contributed by atoms with Gasteiger partial charge in [-0.1, -0.05) is 13.8 Å². The fourth-order valence-electron chi connectivity index (χ4n) is 1.06. The van der Waals surface area contributed by atoms with E-state index >= 15 is 0 Å². The number of rotatable bonds is 3. The quantitative estimate of drug-likeness (QED) is 0.784. The van der Waals surface area contributed by atoms with Crippen LogP contribution in [0.1, 0.15) is 41.5 Å². The smallest absolute Gasteiger partial charge is 0.408 e. The third kappa shape index (κ3) is 6.10. The number of ether oxygens (including phenoxy) is 1. The van der Waals surface area contributed by atoms with Gasteiger partial charge in [-0.2, -0.15) is 0 Å². The van der Waals surface area contributed by atoms with Gasteiger partial charge < -0.3 is 10.1 Å². The third-order valence-corrected chi connectivity index (χ3v) is 1.73. The van der Waals surface area contributed by atoms with Crippen LogP contribution in [0.2, 0.25) is 0 Å². The van der Waals surface area contributed by atoms with Crippen molar-refractivity contribution in [3.05, 3.63) is 0 Å². The van der Waals surface area contributed by atoms with E-state index in [1.165, 1.54) is 0 Å². The van der Waals surface area contributed by atoms with Gasteiger partial charge in [0.15, 0.2) is 5.78 Å². The lowest BCUT2D eigenvalue weighted by Crippen LogP contribution is -2.43. The SMILES string of the molecule is CC(C)C(=O)C(C)NC(=O)OC(C)(C)C. The van der Waals surface area contributed by atoms with Crippen molar-refractivity contribution in [2.75, 3.05) is 0 Å². The molecular weight excluding hydrogens is 194 g/mol. The van der Waals surface area contributed by atoms with Crippen LogP contribution >= 0.6 is 0 Å². The van der Waals surface area contributed by atoms with Gasteiger partial charge >= 0.3 is 6.09 Å². The number of carbonyl (C=O) groups excluding carboxylic acids is 2. The Hall–Kier alpha value is -1.06. The van der Waals surface area contributed by atoms with Gasteiger partial charge in [-0.3, -0.25) is 4.79 Å². The Balaban J connectivity index is 4.14. The Morgan fingerprint density at radius 3 is 1.93 bits per heavy atom. The number of alkyl carbamates (subject to hydrolysis) is 1. The van der Waals surface area contributed by atoms with Crippen LogP contribution in [0.3, 0.4) is 0 Å². The van der Waals surface area contributed by atoms with Crippen molar-refractivity contribution < 1.29 is 14.3 Å². The summed E-state index contributed by atoms with van der Waals surface area (Å²) in [6.45, 7) is 10.6. The van der Waals surface area contributed by atoms with Crippen LogP contribution in [0.15, 0.2) is 0 Å². The maximum atomic E-state index is 11.5. The monoisotopic (exact) mass is 215 g/mol. The van der Waals surface area contributed by atoms with Crippen molar-refractivity contribution in [2.24, 2.45) is 5.92 Å². The molecule has 0 saturated carbocycles. The van der Waals surface area contributed by atoms with Crippen LogP contribution in [-0.4, -0.2) is 23.5 Å².